The Morgan fingerprint density at radius 3 is 2.67 bits per heavy atom. The molecule has 1 aromatic carbocycles. The van der Waals surface area contributed by atoms with Gasteiger partial charge in [0.1, 0.15) is 18.0 Å². The maximum atomic E-state index is 13.1. The number of halogens is 5. The van der Waals surface area contributed by atoms with Gasteiger partial charge in [0.25, 0.3) is 6.43 Å². The molecule has 1 aromatic heterocycles. The zero-order valence-electron chi connectivity index (χ0n) is 14.2. The van der Waals surface area contributed by atoms with Gasteiger partial charge in [0, 0.05) is 5.92 Å². The molecule has 1 heterocycles. The molecule has 0 bridgehead atoms. The van der Waals surface area contributed by atoms with E-state index in [0.717, 1.165) is 17.5 Å². The van der Waals surface area contributed by atoms with E-state index in [1.165, 1.54) is 12.1 Å². The van der Waals surface area contributed by atoms with Crippen molar-refractivity contribution in [1.82, 2.24) is 9.78 Å². The number of alkyl halides is 4. The molecular formula is C17H16ClF4N3O2. The Labute approximate surface area is 157 Å². The first-order valence-corrected chi connectivity index (χ1v) is 8.53. The summed E-state index contributed by atoms with van der Waals surface area (Å²) in [5.41, 5.74) is 0.546. The predicted molar refractivity (Wildman–Crippen MR) is 90.6 cm³/mol. The monoisotopic (exact) mass is 405 g/mol. The van der Waals surface area contributed by atoms with E-state index in [9.17, 15) is 22.4 Å². The third kappa shape index (κ3) is 4.52. The zero-order valence-corrected chi connectivity index (χ0v) is 14.9. The number of carbonyl (C=O) groups is 1. The number of aryl methyl sites for hydroxylation is 1. The summed E-state index contributed by atoms with van der Waals surface area (Å²) in [4.78, 5) is 12.3. The Morgan fingerprint density at radius 1 is 1.37 bits per heavy atom. The van der Waals surface area contributed by atoms with Gasteiger partial charge in [-0.3, -0.25) is 9.48 Å². The van der Waals surface area contributed by atoms with Gasteiger partial charge in [-0.15, -0.1) is 0 Å². The second-order valence-electron chi connectivity index (χ2n) is 6.24. The maximum Gasteiger partial charge on any atom is 0.387 e. The summed E-state index contributed by atoms with van der Waals surface area (Å²) in [6.07, 6.45) is -1.30. The largest absolute Gasteiger partial charge is 0.433 e. The molecule has 2 aromatic rings. The number of nitrogens with zero attached hydrogens (tertiary/aromatic N) is 2. The Morgan fingerprint density at radius 2 is 2.07 bits per heavy atom. The molecule has 5 nitrogen and oxygen atoms in total. The molecule has 0 radical (unpaired) electrons. The van der Waals surface area contributed by atoms with Crippen LogP contribution in [0.5, 0.6) is 5.75 Å². The van der Waals surface area contributed by atoms with Crippen LogP contribution in [-0.4, -0.2) is 22.3 Å². The first kappa shape index (κ1) is 19.5. The van der Waals surface area contributed by atoms with Crippen LogP contribution < -0.4 is 10.1 Å². The van der Waals surface area contributed by atoms with Gasteiger partial charge in [-0.05, 0) is 37.5 Å². The molecule has 0 spiro atoms. The van der Waals surface area contributed by atoms with Crippen LogP contribution in [0.1, 0.15) is 42.1 Å². The van der Waals surface area contributed by atoms with Crippen LogP contribution >= 0.6 is 11.6 Å². The maximum absolute atomic E-state index is 13.1. The average molecular weight is 406 g/mol. The smallest absolute Gasteiger partial charge is 0.387 e. The van der Waals surface area contributed by atoms with Crippen LogP contribution in [0.15, 0.2) is 18.2 Å². The van der Waals surface area contributed by atoms with Gasteiger partial charge in [0.05, 0.1) is 16.4 Å². The second-order valence-corrected chi connectivity index (χ2v) is 6.62. The molecule has 1 aliphatic carbocycles. The Hall–Kier alpha value is -2.29. The summed E-state index contributed by atoms with van der Waals surface area (Å²) < 4.78 is 56.8. The summed E-state index contributed by atoms with van der Waals surface area (Å²) in [5, 5.41) is 6.08. The second kappa shape index (κ2) is 7.75. The Kier molecular flexibility index (Phi) is 5.59. The summed E-state index contributed by atoms with van der Waals surface area (Å²) in [7, 11) is 0. The molecule has 1 fully saturated rings. The van der Waals surface area contributed by atoms with Crippen molar-refractivity contribution >= 4 is 23.2 Å². The molecule has 1 saturated carbocycles. The highest BCUT2D eigenvalue weighted by atomic mass is 35.5. The molecule has 0 unspecified atom stereocenters. The van der Waals surface area contributed by atoms with Crippen molar-refractivity contribution in [2.24, 2.45) is 0 Å². The minimum absolute atomic E-state index is 0.0117. The molecule has 0 atom stereocenters. The van der Waals surface area contributed by atoms with Crippen LogP contribution in [-0.2, 0) is 11.3 Å². The molecule has 27 heavy (non-hydrogen) atoms. The van der Waals surface area contributed by atoms with Crippen LogP contribution in [0, 0.1) is 6.92 Å². The fourth-order valence-electron chi connectivity index (χ4n) is 2.73. The van der Waals surface area contributed by atoms with E-state index in [1.54, 1.807) is 13.0 Å². The van der Waals surface area contributed by atoms with Gasteiger partial charge in [-0.25, -0.2) is 8.78 Å². The van der Waals surface area contributed by atoms with Crippen molar-refractivity contribution in [3.63, 3.8) is 0 Å². The highest BCUT2D eigenvalue weighted by molar-refractivity contribution is 6.32. The zero-order chi connectivity index (χ0) is 19.7. The molecule has 1 amide bonds. The molecule has 0 aliphatic heterocycles. The first-order valence-electron chi connectivity index (χ1n) is 8.15. The van der Waals surface area contributed by atoms with Crippen LogP contribution in [0.3, 0.4) is 0 Å². The van der Waals surface area contributed by atoms with Gasteiger partial charge >= 0.3 is 6.61 Å². The van der Waals surface area contributed by atoms with E-state index >= 15 is 0 Å². The van der Waals surface area contributed by atoms with Crippen LogP contribution in [0.25, 0.3) is 0 Å². The third-order valence-electron chi connectivity index (χ3n) is 4.05. The fourth-order valence-corrected chi connectivity index (χ4v) is 3.10. The number of benzene rings is 1. The quantitative estimate of drug-likeness (QED) is 0.666. The normalized spacial score (nSPS) is 14.1. The number of amides is 1. The van der Waals surface area contributed by atoms with Gasteiger partial charge in [0.15, 0.2) is 0 Å². The van der Waals surface area contributed by atoms with Crippen molar-refractivity contribution in [3.8, 4) is 5.75 Å². The summed E-state index contributed by atoms with van der Waals surface area (Å²) in [6, 6.07) is 4.40. The molecule has 0 saturated heterocycles. The topological polar surface area (TPSA) is 56.2 Å². The summed E-state index contributed by atoms with van der Waals surface area (Å²) in [5.74, 6) is -0.824. The average Bonchev–Trinajstić information content (AvgIpc) is 3.34. The molecule has 3 rings (SSSR count). The molecule has 10 heteroatoms. The Bertz CT molecular complexity index is 853. The fraction of sp³-hybridized carbons (Fsp3) is 0.412. The lowest BCUT2D eigenvalue weighted by Crippen LogP contribution is -2.21. The molecule has 1 aliphatic rings. The van der Waals surface area contributed by atoms with Gasteiger partial charge in [-0.1, -0.05) is 17.7 Å². The lowest BCUT2D eigenvalue weighted by Gasteiger charge is -2.13. The van der Waals surface area contributed by atoms with E-state index in [0.29, 0.717) is 11.3 Å². The molecule has 146 valence electrons. The van der Waals surface area contributed by atoms with Crippen LogP contribution in [0.2, 0.25) is 5.02 Å². The predicted octanol–water partition coefficient (Wildman–Crippen LogP) is 4.90. The number of hydrogen-bond donors (Lipinski definition) is 1. The van der Waals surface area contributed by atoms with Crippen molar-refractivity contribution in [2.45, 2.75) is 45.3 Å². The first-order chi connectivity index (χ1) is 12.8. The van der Waals surface area contributed by atoms with Gasteiger partial charge in [-0.2, -0.15) is 13.9 Å². The minimum Gasteiger partial charge on any atom is -0.433 e. The highest BCUT2D eigenvalue weighted by Crippen LogP contribution is 2.45. The highest BCUT2D eigenvalue weighted by Gasteiger charge is 2.34. The lowest BCUT2D eigenvalue weighted by atomic mass is 10.2. The van der Waals surface area contributed by atoms with Gasteiger partial charge < -0.3 is 10.1 Å². The summed E-state index contributed by atoms with van der Waals surface area (Å²) in [6.45, 7) is -1.74. The number of anilines is 1. The van der Waals surface area contributed by atoms with Crippen molar-refractivity contribution in [2.75, 3.05) is 5.32 Å². The van der Waals surface area contributed by atoms with Crippen LogP contribution in [0.4, 0.5) is 23.2 Å². The lowest BCUT2D eigenvalue weighted by molar-refractivity contribution is -0.117. The van der Waals surface area contributed by atoms with Gasteiger partial charge in [0.2, 0.25) is 5.91 Å². The van der Waals surface area contributed by atoms with E-state index in [4.69, 9.17) is 11.6 Å². The molecular weight excluding hydrogens is 390 g/mol. The standard InChI is InChI=1S/C17H16ClF4N3O2/c1-8-2-5-10(11(6-8)27-17(21)22)23-12(26)7-25-15(9-3-4-9)13(18)14(24-25)16(19)20/h2,5-6,9,16-17H,3-4,7H2,1H3,(H,23,26). The Balaban J connectivity index is 1.80. The van der Waals surface area contributed by atoms with E-state index in [-0.39, 0.29) is 28.9 Å². The number of ether oxygens (including phenoxy) is 1. The van der Waals surface area contributed by atoms with E-state index < -0.39 is 24.6 Å². The number of carbonyl (C=O) groups excluding carboxylic acids is 1. The summed E-state index contributed by atoms with van der Waals surface area (Å²) >= 11 is 6.00. The molecule has 1 N–H and O–H groups in total. The number of aromatic nitrogens is 2. The minimum atomic E-state index is -3.05. The van der Waals surface area contributed by atoms with Crippen molar-refractivity contribution in [1.29, 1.82) is 0 Å². The van der Waals surface area contributed by atoms with Crippen molar-refractivity contribution < 1.29 is 27.1 Å². The SMILES string of the molecule is Cc1ccc(NC(=O)Cn2nc(C(F)F)c(Cl)c2C2CC2)c(OC(F)F)c1. The number of hydrogen-bond acceptors (Lipinski definition) is 3. The number of nitrogens with one attached hydrogen (secondary N) is 1. The van der Waals surface area contributed by atoms with E-state index in [1.807, 2.05) is 0 Å². The third-order valence-corrected chi connectivity index (χ3v) is 4.43. The van der Waals surface area contributed by atoms with E-state index in [2.05, 4.69) is 15.2 Å². The number of rotatable bonds is 7. The van der Waals surface area contributed by atoms with Crippen molar-refractivity contribution in [3.05, 3.63) is 40.2 Å².